The molecule has 8 nitrogen and oxygen atoms in total. The van der Waals surface area contributed by atoms with Gasteiger partial charge in [0.25, 0.3) is 0 Å². The van der Waals surface area contributed by atoms with Crippen molar-refractivity contribution in [2.75, 3.05) is 0 Å². The van der Waals surface area contributed by atoms with Gasteiger partial charge in [0.05, 0.1) is 5.09 Å². The van der Waals surface area contributed by atoms with Gasteiger partial charge in [-0.15, -0.1) is 10.2 Å². The molecule has 0 fully saturated rings. The first kappa shape index (κ1) is 22.7. The molecule has 11 heteroatoms. The first-order valence-electron chi connectivity index (χ1n) is 1.16. The number of halogens is 1. The van der Waals surface area contributed by atoms with E-state index in [4.69, 9.17) is 34.0 Å². The summed E-state index contributed by atoms with van der Waals surface area (Å²) in [5.74, 6) is 0. The largest absolute Gasteiger partial charge is 2.00 e. The molecule has 0 aromatic rings. The van der Waals surface area contributed by atoms with Gasteiger partial charge in [0, 0.05) is 0 Å². The molecule has 0 aliphatic carbocycles. The van der Waals surface area contributed by atoms with Crippen LogP contribution in [0.25, 0.3) is 0 Å². The van der Waals surface area contributed by atoms with Gasteiger partial charge >= 0.3 is 50.4 Å². The fourth-order valence-electron chi connectivity index (χ4n) is 0. The molecule has 0 aliphatic heterocycles. The molecule has 58 valence electrons. The summed E-state index contributed by atoms with van der Waals surface area (Å²) in [6.07, 6.45) is 0. The average Bonchev–Trinajstić information content (AvgIpc) is 1.19. The molecule has 0 bridgehead atoms. The van der Waals surface area contributed by atoms with E-state index in [1.165, 1.54) is 0 Å². The molecular formula is ClMgNO7Pb+2. The number of hydrogen-bond acceptors (Lipinski definition) is 7. The smallest absolute Gasteiger partial charge is 0.356 e. The van der Waals surface area contributed by atoms with E-state index in [-0.39, 0.29) is 50.4 Å². The average molecular weight is 393 g/mol. The Bertz CT molecular complexity index is 80.9. The minimum Gasteiger partial charge on any atom is -0.356 e. The summed E-state index contributed by atoms with van der Waals surface area (Å²) in [6, 6.07) is 0. The molecule has 0 unspecified atom stereocenters. The van der Waals surface area contributed by atoms with E-state index in [1.807, 2.05) is 0 Å². The maximum Gasteiger partial charge on any atom is 2.00 e. The summed E-state index contributed by atoms with van der Waals surface area (Å²) < 4.78 is 34.0. The van der Waals surface area contributed by atoms with E-state index in [9.17, 15) is 0 Å². The summed E-state index contributed by atoms with van der Waals surface area (Å²) >= 11 is 0. The zero-order valence-corrected chi connectivity index (χ0v) is 10.9. The molecule has 2 radical (unpaired) electrons. The van der Waals surface area contributed by atoms with Gasteiger partial charge in [-0.1, -0.05) is 0 Å². The SMILES string of the molecule is O=[N+]([O-])[O-].[Mg+2].[O-][Cl+3]([O-])([O-])[O-].[Pb+2]. The van der Waals surface area contributed by atoms with Crippen LogP contribution < -0.4 is 18.6 Å². The van der Waals surface area contributed by atoms with Crippen LogP contribution in [0.2, 0.25) is 0 Å². The van der Waals surface area contributed by atoms with E-state index in [2.05, 4.69) is 0 Å². The van der Waals surface area contributed by atoms with Gasteiger partial charge < -0.3 is 15.3 Å². The Labute approximate surface area is 99.0 Å². The van der Waals surface area contributed by atoms with Crippen LogP contribution in [-0.2, 0) is 0 Å². The van der Waals surface area contributed by atoms with Crippen LogP contribution in [0, 0.1) is 25.6 Å². The van der Waals surface area contributed by atoms with Crippen LogP contribution in [0.5, 0.6) is 0 Å². The summed E-state index contributed by atoms with van der Waals surface area (Å²) in [7, 11) is -4.94. The van der Waals surface area contributed by atoms with Crippen molar-refractivity contribution in [3.05, 3.63) is 15.3 Å². The molecule has 0 saturated heterocycles. The quantitative estimate of drug-likeness (QED) is 0.225. The van der Waals surface area contributed by atoms with Crippen molar-refractivity contribution >= 4 is 50.4 Å². The second-order valence-electron chi connectivity index (χ2n) is 0.602. The second kappa shape index (κ2) is 11.0. The molecule has 11 heavy (non-hydrogen) atoms. The van der Waals surface area contributed by atoms with Crippen molar-refractivity contribution in [2.45, 2.75) is 0 Å². The van der Waals surface area contributed by atoms with E-state index in [1.54, 1.807) is 0 Å². The molecule has 0 heterocycles. The van der Waals surface area contributed by atoms with Gasteiger partial charge in [-0.3, -0.25) is 0 Å². The molecule has 0 saturated carbocycles. The second-order valence-corrected chi connectivity index (χ2v) is 1.36. The van der Waals surface area contributed by atoms with E-state index < -0.39 is 15.3 Å². The molecule has 0 aromatic heterocycles. The Hall–Kier alpha value is 1.02. The number of nitrogens with zero attached hydrogens (tertiary/aromatic N) is 1. The summed E-state index contributed by atoms with van der Waals surface area (Å²) in [5, 5.41) is 14.8. The Morgan fingerprint density at radius 2 is 1.00 bits per heavy atom. The van der Waals surface area contributed by atoms with E-state index >= 15 is 0 Å². The topological polar surface area (TPSA) is 158 Å². The predicted octanol–water partition coefficient (Wildman–Crippen LogP) is -5.76. The maximum absolute atomic E-state index is 8.49. The first-order chi connectivity index (χ1) is 3.73. The Morgan fingerprint density at radius 3 is 1.00 bits per heavy atom. The fourth-order valence-corrected chi connectivity index (χ4v) is 0. The molecule has 0 atom stereocenters. The van der Waals surface area contributed by atoms with Crippen molar-refractivity contribution in [2.24, 2.45) is 0 Å². The van der Waals surface area contributed by atoms with E-state index in [0.717, 1.165) is 0 Å². The maximum atomic E-state index is 8.49. The summed E-state index contributed by atoms with van der Waals surface area (Å²) in [6.45, 7) is 0. The van der Waals surface area contributed by atoms with Gasteiger partial charge in [-0.25, -0.2) is 18.6 Å². The standard InChI is InChI=1S/ClHO4.Mg.NO3.Pb/c2-1(3,4)5;;2-1(3)4;/h(H,2,3,4,5);;;/q;+2;-1;+2/p-1. The van der Waals surface area contributed by atoms with Crippen molar-refractivity contribution in [3.63, 3.8) is 0 Å². The Kier molecular flexibility index (Phi) is 22.7. The molecule has 0 aromatic carbocycles. The fraction of sp³-hybridized carbons (Fsp3) is 0. The van der Waals surface area contributed by atoms with Crippen LogP contribution in [-0.4, -0.2) is 55.4 Å². The summed E-state index contributed by atoms with van der Waals surface area (Å²) in [5.41, 5.74) is 0. The first-order valence-corrected chi connectivity index (χ1v) is 2.40. The molecule has 0 amide bonds. The summed E-state index contributed by atoms with van der Waals surface area (Å²) in [4.78, 5) is 8.25. The Balaban J connectivity index is -0.0000000383. The van der Waals surface area contributed by atoms with Crippen molar-refractivity contribution in [3.8, 4) is 0 Å². The van der Waals surface area contributed by atoms with E-state index in [0.29, 0.717) is 0 Å². The predicted molar refractivity (Wildman–Crippen MR) is 21.9 cm³/mol. The third kappa shape index (κ3) is 864. The molecule has 0 spiro atoms. The van der Waals surface area contributed by atoms with Gasteiger partial charge in [-0.2, -0.15) is 0 Å². The van der Waals surface area contributed by atoms with Crippen molar-refractivity contribution in [1.29, 1.82) is 0 Å². The van der Waals surface area contributed by atoms with Gasteiger partial charge in [-0.05, 0) is 0 Å². The monoisotopic (exact) mass is 393 g/mol. The molecule has 0 rings (SSSR count). The minimum absolute atomic E-state index is 0. The molecule has 0 N–H and O–H groups in total. The van der Waals surface area contributed by atoms with Crippen molar-refractivity contribution < 1.29 is 34.0 Å². The van der Waals surface area contributed by atoms with Gasteiger partial charge in [0.1, 0.15) is 0 Å². The molecular weight excluding hydrogens is 393 g/mol. The zero-order valence-electron chi connectivity index (χ0n) is 4.89. The van der Waals surface area contributed by atoms with Crippen LogP contribution in [0.15, 0.2) is 0 Å². The van der Waals surface area contributed by atoms with Gasteiger partial charge in [0.15, 0.2) is 0 Å². The van der Waals surface area contributed by atoms with Crippen molar-refractivity contribution in [1.82, 2.24) is 0 Å². The third-order valence-electron chi connectivity index (χ3n) is 0. The third-order valence-corrected chi connectivity index (χ3v) is 0. The van der Waals surface area contributed by atoms with Gasteiger partial charge in [0.2, 0.25) is 0 Å². The van der Waals surface area contributed by atoms with Crippen LogP contribution >= 0.6 is 0 Å². The Morgan fingerprint density at radius 1 is 1.00 bits per heavy atom. The number of hydrogen-bond donors (Lipinski definition) is 0. The zero-order chi connectivity index (χ0) is 8.08. The number of rotatable bonds is 0. The minimum atomic E-state index is -4.94. The molecule has 0 aliphatic rings. The van der Waals surface area contributed by atoms with Crippen LogP contribution in [0.4, 0.5) is 0 Å². The normalized spacial score (nSPS) is 7.64. The van der Waals surface area contributed by atoms with Crippen LogP contribution in [0.3, 0.4) is 0 Å². The van der Waals surface area contributed by atoms with Crippen LogP contribution in [0.1, 0.15) is 0 Å².